The molecule has 0 radical (unpaired) electrons. The van der Waals surface area contributed by atoms with Gasteiger partial charge in [0.1, 0.15) is 5.78 Å². The minimum atomic E-state index is 0.171. The number of carbonyl (C=O) groups is 1. The van der Waals surface area contributed by atoms with Crippen molar-refractivity contribution >= 4 is 5.78 Å². The molecule has 0 aliphatic carbocycles. The van der Waals surface area contributed by atoms with Crippen LogP contribution in [0.4, 0.5) is 0 Å². The Bertz CT molecular complexity index is 360. The fourth-order valence-electron chi connectivity index (χ4n) is 4.67. The van der Waals surface area contributed by atoms with Crippen LogP contribution in [-0.2, 0) is 4.79 Å². The molecule has 2 heteroatoms. The van der Waals surface area contributed by atoms with Crippen LogP contribution in [0.3, 0.4) is 0 Å². The quantitative estimate of drug-likeness (QED) is 0.132. The van der Waals surface area contributed by atoms with Gasteiger partial charge in [-0.2, -0.15) is 0 Å². The first-order chi connectivity index (χ1) is 15.2. The predicted octanol–water partition coefficient (Wildman–Crippen LogP) is 9.50. The average Bonchev–Trinajstić information content (AvgIpc) is 2.78. The first kappa shape index (κ1) is 30.6. The maximum Gasteiger partial charge on any atom is 0.149 e. The van der Waals surface area contributed by atoms with Crippen LogP contribution in [0.15, 0.2) is 0 Å². The highest BCUT2D eigenvalue weighted by Gasteiger charge is 2.22. The predicted molar refractivity (Wildman–Crippen MR) is 140 cm³/mol. The molecule has 0 saturated heterocycles. The number of Topliss-reactive ketones (excluding diaryl/α,β-unsaturated/α-hetero) is 1. The lowest BCUT2D eigenvalue weighted by Crippen LogP contribution is -2.42. The number of hydrogen-bond acceptors (Lipinski definition) is 2. The van der Waals surface area contributed by atoms with E-state index in [1.807, 2.05) is 0 Å². The van der Waals surface area contributed by atoms with Crippen LogP contribution in [0.5, 0.6) is 0 Å². The zero-order valence-electron chi connectivity index (χ0n) is 22.2. The van der Waals surface area contributed by atoms with Gasteiger partial charge in [0, 0.05) is 6.42 Å². The number of unbranched alkanes of at least 4 members (excludes halogenated alkanes) is 16. The zero-order chi connectivity index (χ0) is 23.0. The second kappa shape index (κ2) is 24.3. The van der Waals surface area contributed by atoms with Gasteiger partial charge in [-0.3, -0.25) is 9.69 Å². The van der Waals surface area contributed by atoms with E-state index in [1.165, 1.54) is 116 Å². The molecule has 186 valence electrons. The summed E-state index contributed by atoms with van der Waals surface area (Å²) >= 11 is 0. The molecular weight excluding hydrogens is 378 g/mol. The van der Waals surface area contributed by atoms with Crippen molar-refractivity contribution in [2.75, 3.05) is 13.1 Å². The normalized spacial score (nSPS) is 12.5. The Morgan fingerprint density at radius 2 is 0.871 bits per heavy atom. The molecule has 0 spiro atoms. The van der Waals surface area contributed by atoms with Crippen LogP contribution >= 0.6 is 0 Å². The van der Waals surface area contributed by atoms with E-state index in [9.17, 15) is 4.79 Å². The molecule has 0 aromatic rings. The third kappa shape index (κ3) is 18.9. The van der Waals surface area contributed by atoms with Gasteiger partial charge in [0.15, 0.2) is 0 Å². The lowest BCUT2D eigenvalue weighted by Gasteiger charge is -2.30. The number of ketones is 1. The number of carbonyl (C=O) groups excluding carboxylic acids is 1. The molecule has 0 fully saturated rings. The van der Waals surface area contributed by atoms with Gasteiger partial charge in [-0.25, -0.2) is 0 Å². The summed E-state index contributed by atoms with van der Waals surface area (Å²) in [5.41, 5.74) is 0. The van der Waals surface area contributed by atoms with Gasteiger partial charge in [0.25, 0.3) is 0 Å². The van der Waals surface area contributed by atoms with E-state index in [0.29, 0.717) is 5.78 Å². The topological polar surface area (TPSA) is 20.3 Å². The Morgan fingerprint density at radius 1 is 0.516 bits per heavy atom. The Balaban J connectivity index is 3.69. The second-order valence-electron chi connectivity index (χ2n) is 9.83. The minimum absolute atomic E-state index is 0.171. The molecule has 0 N–H and O–H groups in total. The van der Waals surface area contributed by atoms with Crippen LogP contribution in [-0.4, -0.2) is 29.8 Å². The maximum atomic E-state index is 12.8. The minimum Gasteiger partial charge on any atom is -0.298 e. The van der Waals surface area contributed by atoms with Gasteiger partial charge in [0.05, 0.1) is 6.04 Å². The second-order valence-corrected chi connectivity index (χ2v) is 9.83. The monoisotopic (exact) mass is 437 g/mol. The molecule has 0 aliphatic rings. The molecule has 1 atom stereocenters. The van der Waals surface area contributed by atoms with Crippen molar-refractivity contribution in [3.8, 4) is 0 Å². The standard InChI is InChI=1S/C29H59NO/c1-5-9-12-13-14-15-16-17-18-19-20-21-22-23-24-25-29(31)28(8-4)30(26-10-6-2)27-11-7-3/h28H,5-27H2,1-4H3. The maximum absolute atomic E-state index is 12.8. The first-order valence-corrected chi connectivity index (χ1v) is 14.5. The molecule has 2 nitrogen and oxygen atoms in total. The molecule has 0 aliphatic heterocycles. The van der Waals surface area contributed by atoms with E-state index < -0.39 is 0 Å². The smallest absolute Gasteiger partial charge is 0.149 e. The highest BCUT2D eigenvalue weighted by atomic mass is 16.1. The highest BCUT2D eigenvalue weighted by molar-refractivity contribution is 5.83. The van der Waals surface area contributed by atoms with Gasteiger partial charge in [-0.05, 0) is 38.8 Å². The third-order valence-corrected chi connectivity index (χ3v) is 6.82. The van der Waals surface area contributed by atoms with Crippen molar-refractivity contribution in [3.05, 3.63) is 0 Å². The van der Waals surface area contributed by atoms with E-state index in [1.54, 1.807) is 0 Å². The Kier molecular flexibility index (Phi) is 24.0. The first-order valence-electron chi connectivity index (χ1n) is 14.5. The summed E-state index contributed by atoms with van der Waals surface area (Å²) in [4.78, 5) is 15.3. The van der Waals surface area contributed by atoms with E-state index in [4.69, 9.17) is 0 Å². The molecule has 0 rings (SSSR count). The van der Waals surface area contributed by atoms with Gasteiger partial charge in [-0.15, -0.1) is 0 Å². The van der Waals surface area contributed by atoms with Crippen LogP contribution < -0.4 is 0 Å². The average molecular weight is 438 g/mol. The van der Waals surface area contributed by atoms with Crippen molar-refractivity contribution < 1.29 is 4.79 Å². The molecule has 1 unspecified atom stereocenters. The van der Waals surface area contributed by atoms with Crippen molar-refractivity contribution in [3.63, 3.8) is 0 Å². The molecule has 0 heterocycles. The van der Waals surface area contributed by atoms with E-state index in [0.717, 1.165) is 32.4 Å². The van der Waals surface area contributed by atoms with Gasteiger partial charge in [-0.1, -0.05) is 130 Å². The SMILES string of the molecule is CCCCCCCCCCCCCCCCCC(=O)C(CC)N(CCCC)CCCC. The van der Waals surface area contributed by atoms with Gasteiger partial charge < -0.3 is 0 Å². The molecular formula is C29H59NO. The molecule has 0 saturated carbocycles. The lowest BCUT2D eigenvalue weighted by atomic mass is 10.00. The summed E-state index contributed by atoms with van der Waals surface area (Å²) in [7, 11) is 0. The fraction of sp³-hybridized carbons (Fsp3) is 0.966. The Morgan fingerprint density at radius 3 is 1.23 bits per heavy atom. The summed E-state index contributed by atoms with van der Waals surface area (Å²) in [6, 6.07) is 0.171. The highest BCUT2D eigenvalue weighted by Crippen LogP contribution is 2.16. The van der Waals surface area contributed by atoms with Crippen LogP contribution in [0.1, 0.15) is 163 Å². The summed E-state index contributed by atoms with van der Waals surface area (Å²) in [5, 5.41) is 0. The Labute approximate surface area is 197 Å². The lowest BCUT2D eigenvalue weighted by molar-refractivity contribution is -0.124. The van der Waals surface area contributed by atoms with Crippen molar-refractivity contribution in [1.82, 2.24) is 4.90 Å². The summed E-state index contributed by atoms with van der Waals surface area (Å²) in [6.45, 7) is 11.2. The third-order valence-electron chi connectivity index (χ3n) is 6.82. The molecule has 31 heavy (non-hydrogen) atoms. The fourth-order valence-corrected chi connectivity index (χ4v) is 4.67. The van der Waals surface area contributed by atoms with Gasteiger partial charge in [0.2, 0.25) is 0 Å². The zero-order valence-corrected chi connectivity index (χ0v) is 22.2. The van der Waals surface area contributed by atoms with Crippen LogP contribution in [0.2, 0.25) is 0 Å². The molecule has 0 aromatic heterocycles. The molecule has 0 bridgehead atoms. The number of nitrogens with zero attached hydrogens (tertiary/aromatic N) is 1. The number of rotatable bonds is 25. The van der Waals surface area contributed by atoms with Crippen LogP contribution in [0.25, 0.3) is 0 Å². The number of hydrogen-bond donors (Lipinski definition) is 0. The van der Waals surface area contributed by atoms with Crippen molar-refractivity contribution in [2.45, 2.75) is 169 Å². The van der Waals surface area contributed by atoms with E-state index >= 15 is 0 Å². The van der Waals surface area contributed by atoms with Crippen molar-refractivity contribution in [1.29, 1.82) is 0 Å². The molecule has 0 aromatic carbocycles. The summed E-state index contributed by atoms with van der Waals surface area (Å²) in [5.74, 6) is 0.504. The van der Waals surface area contributed by atoms with Gasteiger partial charge >= 0.3 is 0 Å². The molecule has 0 amide bonds. The largest absolute Gasteiger partial charge is 0.298 e. The van der Waals surface area contributed by atoms with Crippen LogP contribution in [0, 0.1) is 0 Å². The van der Waals surface area contributed by atoms with E-state index in [2.05, 4.69) is 32.6 Å². The Hall–Kier alpha value is -0.370. The summed E-state index contributed by atoms with van der Waals surface area (Å²) < 4.78 is 0. The van der Waals surface area contributed by atoms with E-state index in [-0.39, 0.29) is 6.04 Å². The summed E-state index contributed by atoms with van der Waals surface area (Å²) in [6.07, 6.45) is 27.3. The van der Waals surface area contributed by atoms with Crippen molar-refractivity contribution in [2.24, 2.45) is 0 Å².